The summed E-state index contributed by atoms with van der Waals surface area (Å²) in [6.45, 7) is 0.935. The molecular formula is C18H19NO5S. The highest BCUT2D eigenvalue weighted by Crippen LogP contribution is 2.26. The summed E-state index contributed by atoms with van der Waals surface area (Å²) in [5.41, 5.74) is 1.43. The Kier molecular flexibility index (Phi) is 5.23. The molecule has 132 valence electrons. The number of thiophene rings is 1. The molecule has 1 aliphatic heterocycles. The van der Waals surface area contributed by atoms with Gasteiger partial charge in [0.1, 0.15) is 17.1 Å². The molecule has 0 radical (unpaired) electrons. The van der Waals surface area contributed by atoms with Gasteiger partial charge in [-0.2, -0.15) is 0 Å². The van der Waals surface area contributed by atoms with Gasteiger partial charge in [-0.3, -0.25) is 4.79 Å². The topological polar surface area (TPSA) is 65.1 Å². The molecule has 25 heavy (non-hydrogen) atoms. The highest BCUT2D eigenvalue weighted by Gasteiger charge is 2.23. The van der Waals surface area contributed by atoms with E-state index in [-0.39, 0.29) is 18.1 Å². The molecule has 0 saturated carbocycles. The number of nitrogens with zero attached hydrogens (tertiary/aromatic N) is 1. The Bertz CT molecular complexity index is 786. The molecule has 0 fully saturated rings. The van der Waals surface area contributed by atoms with Crippen molar-refractivity contribution in [2.24, 2.45) is 0 Å². The second-order valence-electron chi connectivity index (χ2n) is 5.58. The van der Waals surface area contributed by atoms with Crippen LogP contribution >= 0.6 is 11.3 Å². The fourth-order valence-electron chi connectivity index (χ4n) is 2.72. The predicted molar refractivity (Wildman–Crippen MR) is 93.3 cm³/mol. The van der Waals surface area contributed by atoms with Gasteiger partial charge >= 0.3 is 5.97 Å². The molecule has 7 heteroatoms. The van der Waals surface area contributed by atoms with Gasteiger partial charge in [0.15, 0.2) is 6.61 Å². The number of hydrogen-bond acceptors (Lipinski definition) is 6. The maximum atomic E-state index is 12.3. The van der Waals surface area contributed by atoms with Crippen LogP contribution in [-0.4, -0.2) is 44.1 Å². The third-order valence-electron chi connectivity index (χ3n) is 4.12. The number of fused-ring (bicyclic) bond motifs is 1. The lowest BCUT2D eigenvalue weighted by Crippen LogP contribution is -2.38. The van der Waals surface area contributed by atoms with E-state index in [4.69, 9.17) is 14.2 Å². The van der Waals surface area contributed by atoms with E-state index in [1.165, 1.54) is 24.7 Å². The monoisotopic (exact) mass is 361 g/mol. The Morgan fingerprint density at radius 1 is 1.20 bits per heavy atom. The van der Waals surface area contributed by atoms with Gasteiger partial charge in [0, 0.05) is 24.0 Å². The van der Waals surface area contributed by atoms with Crippen LogP contribution in [0.5, 0.6) is 11.5 Å². The van der Waals surface area contributed by atoms with E-state index in [9.17, 15) is 9.59 Å². The van der Waals surface area contributed by atoms with E-state index in [2.05, 4.69) is 0 Å². The minimum Gasteiger partial charge on any atom is -0.497 e. The molecule has 1 aromatic carbocycles. The van der Waals surface area contributed by atoms with E-state index >= 15 is 0 Å². The normalized spacial score (nSPS) is 13.1. The number of esters is 1. The first-order valence-corrected chi connectivity index (χ1v) is 8.72. The van der Waals surface area contributed by atoms with Crippen LogP contribution in [0.2, 0.25) is 0 Å². The third-order valence-corrected chi connectivity index (χ3v) is 5.14. The average Bonchev–Trinajstić information content (AvgIpc) is 3.12. The van der Waals surface area contributed by atoms with Crippen molar-refractivity contribution in [2.75, 3.05) is 27.4 Å². The molecule has 1 aliphatic rings. The lowest BCUT2D eigenvalue weighted by molar-refractivity contribution is -0.135. The van der Waals surface area contributed by atoms with Gasteiger partial charge in [0.05, 0.1) is 14.2 Å². The van der Waals surface area contributed by atoms with E-state index < -0.39 is 5.97 Å². The molecule has 0 aliphatic carbocycles. The first-order valence-electron chi connectivity index (χ1n) is 7.84. The zero-order valence-corrected chi connectivity index (χ0v) is 14.9. The maximum Gasteiger partial charge on any atom is 0.342 e. The summed E-state index contributed by atoms with van der Waals surface area (Å²) in [7, 11) is 2.99. The number of ether oxygens (including phenoxy) is 3. The van der Waals surface area contributed by atoms with Crippen LogP contribution < -0.4 is 9.47 Å². The summed E-state index contributed by atoms with van der Waals surface area (Å²) in [5, 5.41) is 2.04. The van der Waals surface area contributed by atoms with Crippen molar-refractivity contribution in [1.29, 1.82) is 0 Å². The van der Waals surface area contributed by atoms with Crippen LogP contribution in [-0.2, 0) is 22.5 Å². The minimum atomic E-state index is -0.596. The number of amides is 1. The van der Waals surface area contributed by atoms with Gasteiger partial charge in [-0.25, -0.2) is 4.79 Å². The number of carbonyl (C=O) groups is 2. The van der Waals surface area contributed by atoms with Gasteiger partial charge in [-0.1, -0.05) is 0 Å². The summed E-state index contributed by atoms with van der Waals surface area (Å²) in [6.07, 6.45) is 0.846. The van der Waals surface area contributed by atoms with Crippen molar-refractivity contribution in [2.45, 2.75) is 13.0 Å². The van der Waals surface area contributed by atoms with Crippen molar-refractivity contribution in [1.82, 2.24) is 4.90 Å². The van der Waals surface area contributed by atoms with Gasteiger partial charge in [0.25, 0.3) is 5.91 Å². The third kappa shape index (κ3) is 3.76. The maximum absolute atomic E-state index is 12.3. The van der Waals surface area contributed by atoms with Crippen molar-refractivity contribution >= 4 is 23.2 Å². The van der Waals surface area contributed by atoms with Crippen molar-refractivity contribution in [3.05, 3.63) is 45.6 Å². The lowest BCUT2D eigenvalue weighted by Gasteiger charge is -2.26. The van der Waals surface area contributed by atoms with Crippen molar-refractivity contribution in [3.63, 3.8) is 0 Å². The number of carbonyl (C=O) groups excluding carboxylic acids is 2. The smallest absolute Gasteiger partial charge is 0.342 e. The lowest BCUT2D eigenvalue weighted by atomic mass is 10.1. The zero-order valence-electron chi connectivity index (χ0n) is 14.1. The molecule has 0 bridgehead atoms. The molecule has 0 atom stereocenters. The molecule has 2 aromatic rings. The van der Waals surface area contributed by atoms with E-state index in [1.54, 1.807) is 34.4 Å². The molecule has 1 aromatic heterocycles. The molecule has 1 amide bonds. The Morgan fingerprint density at radius 2 is 2.04 bits per heavy atom. The predicted octanol–water partition coefficient (Wildman–Crippen LogP) is 2.51. The molecular weight excluding hydrogens is 342 g/mol. The Labute approximate surface area is 149 Å². The highest BCUT2D eigenvalue weighted by atomic mass is 32.1. The van der Waals surface area contributed by atoms with Gasteiger partial charge in [-0.05, 0) is 35.6 Å². The second-order valence-corrected chi connectivity index (χ2v) is 6.58. The largest absolute Gasteiger partial charge is 0.497 e. The summed E-state index contributed by atoms with van der Waals surface area (Å²) in [4.78, 5) is 27.6. The Hall–Kier alpha value is -2.54. The first kappa shape index (κ1) is 17.3. The van der Waals surface area contributed by atoms with Crippen LogP contribution in [0.3, 0.4) is 0 Å². The molecule has 0 saturated heterocycles. The van der Waals surface area contributed by atoms with Gasteiger partial charge < -0.3 is 19.1 Å². The van der Waals surface area contributed by atoms with Gasteiger partial charge in [0.2, 0.25) is 0 Å². The molecule has 0 spiro atoms. The number of benzene rings is 1. The van der Waals surface area contributed by atoms with E-state index in [1.807, 2.05) is 11.4 Å². The quantitative estimate of drug-likeness (QED) is 0.766. The fourth-order valence-corrected chi connectivity index (χ4v) is 3.61. The summed E-state index contributed by atoms with van der Waals surface area (Å²) in [5.74, 6) is 0.126. The molecule has 3 rings (SSSR count). The summed E-state index contributed by atoms with van der Waals surface area (Å²) in [6, 6.07) is 6.83. The molecule has 6 nitrogen and oxygen atoms in total. The highest BCUT2D eigenvalue weighted by molar-refractivity contribution is 7.10. The van der Waals surface area contributed by atoms with Crippen molar-refractivity contribution in [3.8, 4) is 11.5 Å². The summed E-state index contributed by atoms with van der Waals surface area (Å²) >= 11 is 1.71. The van der Waals surface area contributed by atoms with Crippen molar-refractivity contribution < 1.29 is 23.8 Å². The van der Waals surface area contributed by atoms with Crippen LogP contribution in [0.15, 0.2) is 29.6 Å². The van der Waals surface area contributed by atoms with E-state index in [0.717, 1.165) is 6.42 Å². The number of hydrogen-bond donors (Lipinski definition) is 0. The SMILES string of the molecule is COc1ccc(C(=O)OCC(=O)N2CCc3sccc3C2)c(OC)c1. The Balaban J connectivity index is 1.60. The minimum absolute atomic E-state index is 0.197. The zero-order chi connectivity index (χ0) is 17.8. The second kappa shape index (κ2) is 7.57. The fraction of sp³-hybridized carbons (Fsp3) is 0.333. The standard InChI is InChI=1S/C18H19NO5S/c1-22-13-3-4-14(15(9-13)23-2)18(21)24-11-17(20)19-7-5-16-12(10-19)6-8-25-16/h3-4,6,8-9H,5,7,10-11H2,1-2H3. The first-order chi connectivity index (χ1) is 12.1. The Morgan fingerprint density at radius 3 is 2.80 bits per heavy atom. The molecule has 2 heterocycles. The van der Waals surface area contributed by atoms with Crippen LogP contribution in [0.4, 0.5) is 0 Å². The molecule has 0 N–H and O–H groups in total. The van der Waals surface area contributed by atoms with Crippen LogP contribution in [0, 0.1) is 0 Å². The number of rotatable bonds is 5. The molecule has 0 unspecified atom stereocenters. The van der Waals surface area contributed by atoms with Gasteiger partial charge in [-0.15, -0.1) is 11.3 Å². The van der Waals surface area contributed by atoms with E-state index in [0.29, 0.717) is 24.6 Å². The van der Waals surface area contributed by atoms with Crippen LogP contribution in [0.1, 0.15) is 20.8 Å². The summed E-state index contributed by atoms with van der Waals surface area (Å²) < 4.78 is 15.5. The van der Waals surface area contributed by atoms with Crippen LogP contribution in [0.25, 0.3) is 0 Å². The number of methoxy groups -OCH3 is 2. The average molecular weight is 361 g/mol.